The summed E-state index contributed by atoms with van der Waals surface area (Å²) >= 11 is 0. The molecule has 1 fully saturated rings. The van der Waals surface area contributed by atoms with E-state index in [0.29, 0.717) is 45.4 Å². The third kappa shape index (κ3) is 4.55. The van der Waals surface area contributed by atoms with Crippen molar-refractivity contribution in [2.45, 2.75) is 38.2 Å². The van der Waals surface area contributed by atoms with Crippen LogP contribution in [0.15, 0.2) is 0 Å². The van der Waals surface area contributed by atoms with Crippen LogP contribution in [0.25, 0.3) is 0 Å². The predicted molar refractivity (Wildman–Crippen MR) is 68.1 cm³/mol. The lowest BCUT2D eigenvalue weighted by Crippen LogP contribution is -2.45. The van der Waals surface area contributed by atoms with Crippen molar-refractivity contribution in [3.63, 3.8) is 0 Å². The Morgan fingerprint density at radius 2 is 2.06 bits per heavy atom. The summed E-state index contributed by atoms with van der Waals surface area (Å²) in [4.78, 5) is 13.5. The Labute approximate surface area is 109 Å². The molecular formula is C13H25NO4. The van der Waals surface area contributed by atoms with Crippen LogP contribution >= 0.6 is 0 Å². The Balaban J connectivity index is 2.39. The standard InChI is InChI=1S/C13H25NO4/c1-3-18-12(16)11-4-6-13(17,7-5-11)10-14(2)8-9-15/h11,15,17H,3-10H2,1-2H3. The first kappa shape index (κ1) is 15.4. The molecule has 0 radical (unpaired) electrons. The molecule has 0 amide bonds. The summed E-state index contributed by atoms with van der Waals surface area (Å²) in [5.41, 5.74) is -0.729. The summed E-state index contributed by atoms with van der Waals surface area (Å²) in [5, 5.41) is 19.3. The topological polar surface area (TPSA) is 70.0 Å². The highest BCUT2D eigenvalue weighted by Gasteiger charge is 2.36. The van der Waals surface area contributed by atoms with Crippen molar-refractivity contribution < 1.29 is 19.7 Å². The van der Waals surface area contributed by atoms with Crippen LogP contribution in [-0.2, 0) is 9.53 Å². The smallest absolute Gasteiger partial charge is 0.308 e. The molecule has 0 aromatic carbocycles. The molecule has 2 N–H and O–H groups in total. The van der Waals surface area contributed by atoms with Crippen LogP contribution in [0.3, 0.4) is 0 Å². The molecule has 0 unspecified atom stereocenters. The Kier molecular flexibility index (Phi) is 6.05. The van der Waals surface area contributed by atoms with Crippen molar-refractivity contribution in [3.05, 3.63) is 0 Å². The number of esters is 1. The largest absolute Gasteiger partial charge is 0.466 e. The third-order valence-corrected chi connectivity index (χ3v) is 3.58. The van der Waals surface area contributed by atoms with Gasteiger partial charge < -0.3 is 19.8 Å². The number of likely N-dealkylation sites (N-methyl/N-ethyl adjacent to an activating group) is 1. The van der Waals surface area contributed by atoms with Crippen molar-refractivity contribution in [3.8, 4) is 0 Å². The minimum Gasteiger partial charge on any atom is -0.466 e. The van der Waals surface area contributed by atoms with Crippen LogP contribution < -0.4 is 0 Å². The zero-order valence-corrected chi connectivity index (χ0v) is 11.4. The van der Waals surface area contributed by atoms with Gasteiger partial charge in [-0.2, -0.15) is 0 Å². The van der Waals surface area contributed by atoms with Gasteiger partial charge in [0.15, 0.2) is 0 Å². The molecule has 1 saturated carbocycles. The lowest BCUT2D eigenvalue weighted by molar-refractivity contribution is -0.151. The summed E-state index contributed by atoms with van der Waals surface area (Å²) in [5.74, 6) is -0.198. The van der Waals surface area contributed by atoms with Gasteiger partial charge in [0.05, 0.1) is 24.7 Å². The monoisotopic (exact) mass is 259 g/mol. The zero-order valence-electron chi connectivity index (χ0n) is 11.4. The maximum Gasteiger partial charge on any atom is 0.308 e. The molecule has 18 heavy (non-hydrogen) atoms. The first-order valence-corrected chi connectivity index (χ1v) is 6.69. The second-order valence-electron chi connectivity index (χ2n) is 5.21. The normalized spacial score (nSPS) is 28.4. The molecule has 0 aromatic heterocycles. The Bertz CT molecular complexity index is 262. The number of aliphatic hydroxyl groups is 2. The van der Waals surface area contributed by atoms with Gasteiger partial charge in [-0.1, -0.05) is 0 Å². The van der Waals surface area contributed by atoms with Crippen LogP contribution in [0.4, 0.5) is 0 Å². The van der Waals surface area contributed by atoms with Crippen LogP contribution in [0.1, 0.15) is 32.6 Å². The third-order valence-electron chi connectivity index (χ3n) is 3.58. The van der Waals surface area contributed by atoms with Crippen molar-refractivity contribution in [1.82, 2.24) is 4.90 Å². The average Bonchev–Trinajstić information content (AvgIpc) is 2.29. The fourth-order valence-corrected chi connectivity index (χ4v) is 2.56. The molecule has 5 nitrogen and oxygen atoms in total. The van der Waals surface area contributed by atoms with E-state index in [1.165, 1.54) is 0 Å². The van der Waals surface area contributed by atoms with Crippen LogP contribution in [0.2, 0.25) is 0 Å². The second-order valence-corrected chi connectivity index (χ2v) is 5.21. The minimum atomic E-state index is -0.729. The fraction of sp³-hybridized carbons (Fsp3) is 0.923. The van der Waals surface area contributed by atoms with E-state index in [9.17, 15) is 9.90 Å². The first-order chi connectivity index (χ1) is 8.50. The van der Waals surface area contributed by atoms with Gasteiger partial charge in [-0.05, 0) is 39.7 Å². The molecule has 0 aliphatic heterocycles. The lowest BCUT2D eigenvalue weighted by atomic mass is 9.78. The highest BCUT2D eigenvalue weighted by Crippen LogP contribution is 2.33. The number of carbonyl (C=O) groups is 1. The minimum absolute atomic E-state index is 0.0617. The number of hydrogen-bond acceptors (Lipinski definition) is 5. The van der Waals surface area contributed by atoms with E-state index >= 15 is 0 Å². The molecule has 0 spiro atoms. The number of aliphatic hydroxyl groups excluding tert-OH is 1. The van der Waals surface area contributed by atoms with Gasteiger partial charge in [-0.15, -0.1) is 0 Å². The number of carbonyl (C=O) groups excluding carboxylic acids is 1. The predicted octanol–water partition coefficient (Wildman–Crippen LogP) is 0.395. The molecule has 1 rings (SSSR count). The van der Waals surface area contributed by atoms with Gasteiger partial charge in [0.25, 0.3) is 0 Å². The summed E-state index contributed by atoms with van der Waals surface area (Å²) < 4.78 is 5.01. The number of nitrogens with zero attached hydrogens (tertiary/aromatic N) is 1. The molecular weight excluding hydrogens is 234 g/mol. The van der Waals surface area contributed by atoms with E-state index in [0.717, 1.165) is 0 Å². The molecule has 1 aliphatic rings. The molecule has 0 heterocycles. The molecule has 1 aliphatic carbocycles. The van der Waals surface area contributed by atoms with Crippen molar-refractivity contribution in [1.29, 1.82) is 0 Å². The fourth-order valence-electron chi connectivity index (χ4n) is 2.56. The van der Waals surface area contributed by atoms with Crippen molar-refractivity contribution in [2.75, 3.05) is 33.4 Å². The van der Waals surface area contributed by atoms with E-state index < -0.39 is 5.60 Å². The Morgan fingerprint density at radius 1 is 1.44 bits per heavy atom. The quantitative estimate of drug-likeness (QED) is 0.676. The first-order valence-electron chi connectivity index (χ1n) is 6.69. The molecule has 0 atom stereocenters. The van der Waals surface area contributed by atoms with E-state index in [1.807, 2.05) is 11.9 Å². The van der Waals surface area contributed by atoms with Crippen molar-refractivity contribution >= 4 is 5.97 Å². The molecule has 0 bridgehead atoms. The van der Waals surface area contributed by atoms with E-state index in [-0.39, 0.29) is 18.5 Å². The van der Waals surface area contributed by atoms with Gasteiger partial charge in [-0.3, -0.25) is 4.79 Å². The molecule has 0 saturated heterocycles. The number of ether oxygens (including phenoxy) is 1. The number of hydrogen-bond donors (Lipinski definition) is 2. The molecule has 106 valence electrons. The van der Waals surface area contributed by atoms with Crippen molar-refractivity contribution in [2.24, 2.45) is 5.92 Å². The van der Waals surface area contributed by atoms with Crippen LogP contribution in [-0.4, -0.2) is 60.0 Å². The van der Waals surface area contributed by atoms with Gasteiger partial charge in [0.2, 0.25) is 0 Å². The average molecular weight is 259 g/mol. The van der Waals surface area contributed by atoms with Gasteiger partial charge >= 0.3 is 5.97 Å². The van der Waals surface area contributed by atoms with Gasteiger partial charge in [0.1, 0.15) is 0 Å². The van der Waals surface area contributed by atoms with Crippen LogP contribution in [0.5, 0.6) is 0 Å². The highest BCUT2D eigenvalue weighted by molar-refractivity contribution is 5.72. The maximum atomic E-state index is 11.6. The van der Waals surface area contributed by atoms with E-state index in [2.05, 4.69) is 0 Å². The Morgan fingerprint density at radius 3 is 2.56 bits per heavy atom. The second kappa shape index (κ2) is 7.07. The summed E-state index contributed by atoms with van der Waals surface area (Å²) in [6.07, 6.45) is 2.60. The van der Waals surface area contributed by atoms with Gasteiger partial charge in [-0.25, -0.2) is 0 Å². The lowest BCUT2D eigenvalue weighted by Gasteiger charge is -2.37. The molecule has 5 heteroatoms. The van der Waals surface area contributed by atoms with E-state index in [4.69, 9.17) is 9.84 Å². The maximum absolute atomic E-state index is 11.6. The van der Waals surface area contributed by atoms with Gasteiger partial charge in [0, 0.05) is 13.1 Å². The summed E-state index contributed by atoms with van der Waals surface area (Å²) in [6, 6.07) is 0. The van der Waals surface area contributed by atoms with Crippen LogP contribution in [0, 0.1) is 5.92 Å². The Hall–Kier alpha value is -0.650. The summed E-state index contributed by atoms with van der Waals surface area (Å²) in [7, 11) is 1.88. The number of rotatable bonds is 6. The summed E-state index contributed by atoms with van der Waals surface area (Å²) in [6.45, 7) is 3.42. The zero-order chi connectivity index (χ0) is 13.6. The van der Waals surface area contributed by atoms with E-state index in [1.54, 1.807) is 6.92 Å². The SMILES string of the molecule is CCOC(=O)C1CCC(O)(CN(C)CCO)CC1. The highest BCUT2D eigenvalue weighted by atomic mass is 16.5. The molecule has 0 aromatic rings.